The van der Waals surface area contributed by atoms with Crippen LogP contribution >= 0.6 is 85.4 Å². The van der Waals surface area contributed by atoms with E-state index >= 15 is 0 Å². The first-order chi connectivity index (χ1) is 20.9. The van der Waals surface area contributed by atoms with Gasteiger partial charge in [0.25, 0.3) is 0 Å². The summed E-state index contributed by atoms with van der Waals surface area (Å²) in [6.07, 6.45) is 7.61. The molecule has 11 nitrogen and oxygen atoms in total. The minimum absolute atomic E-state index is 0.437. The highest BCUT2D eigenvalue weighted by molar-refractivity contribution is 7.64. The number of para-hydroxylation sites is 1. The molecule has 3 saturated heterocycles. The summed E-state index contributed by atoms with van der Waals surface area (Å²) in [5.41, 5.74) is 1.87. The Morgan fingerprint density at radius 3 is 1.41 bits per heavy atom. The zero-order chi connectivity index (χ0) is 32.1. The molecule has 4 fully saturated rings. The lowest BCUT2D eigenvalue weighted by Crippen LogP contribution is -2.52. The van der Waals surface area contributed by atoms with E-state index < -0.39 is 48.0 Å². The molecule has 0 radical (unpaired) electrons. The molecule has 0 atom stereocenters. The van der Waals surface area contributed by atoms with E-state index in [0.29, 0.717) is 0 Å². The average molecular weight is 782 g/mol. The summed E-state index contributed by atoms with van der Waals surface area (Å²) in [6, 6.07) is 8.10. The van der Waals surface area contributed by atoms with Crippen LogP contribution in [0.3, 0.4) is 0 Å². The van der Waals surface area contributed by atoms with Crippen LogP contribution in [-0.4, -0.2) is 110 Å². The van der Waals surface area contributed by atoms with Crippen molar-refractivity contribution in [3.63, 3.8) is 0 Å². The first-order valence-electron chi connectivity index (χ1n) is 14.3. The molecule has 0 unspecified atom stereocenters. The van der Waals surface area contributed by atoms with Crippen LogP contribution < -0.4 is 4.62 Å². The van der Waals surface area contributed by atoms with Crippen LogP contribution in [0.4, 0.5) is 4.53 Å². The highest BCUT2D eigenvalue weighted by Gasteiger charge is 2.64. The molecule has 0 amide bonds. The molecule has 0 bridgehead atoms. The molecule has 4 aliphatic rings. The van der Waals surface area contributed by atoms with E-state index in [0.717, 1.165) is 50.3 Å². The predicted molar refractivity (Wildman–Crippen MR) is 176 cm³/mol. The summed E-state index contributed by atoms with van der Waals surface area (Å²) in [4.78, 5) is 16.4. The number of fused-ring (bicyclic) bond motifs is 1. The molecule has 3 aliphatic heterocycles. The average Bonchev–Trinajstić information content (AvgIpc) is 3.85. The van der Waals surface area contributed by atoms with Crippen molar-refractivity contribution in [1.82, 2.24) is 29.2 Å². The standard InChI is InChI=1S/C18H28N6OP.C6H6Cl6.FH2O4P/c1-2-10-18-17(9-1)19-20-24(18)25-26(21-11-3-4-12-21,22-13-5-6-14-22)23-15-7-8-16-23;7-1-2(8)4(10)6(12)5(11)3(1)9;1-5-6(2,3)4/h1-2,9-10H,3-8,11-16H2;1-6H;(H2,2,3,4)/q+1;;. The fraction of sp³-hybridized carbons (Fsp3) is 0.750. The van der Waals surface area contributed by atoms with Crippen LogP contribution in [0, 0.1) is 0 Å². The van der Waals surface area contributed by atoms with Gasteiger partial charge >= 0.3 is 15.8 Å². The normalized spacial score (nSPS) is 30.6. The van der Waals surface area contributed by atoms with Crippen molar-refractivity contribution >= 4 is 96.4 Å². The van der Waals surface area contributed by atoms with Gasteiger partial charge in [-0.15, -0.1) is 88.7 Å². The number of alkyl halides is 6. The Morgan fingerprint density at radius 2 is 1.07 bits per heavy atom. The van der Waals surface area contributed by atoms with Crippen molar-refractivity contribution in [2.45, 2.75) is 70.8 Å². The van der Waals surface area contributed by atoms with Gasteiger partial charge in [-0.1, -0.05) is 16.9 Å². The van der Waals surface area contributed by atoms with Crippen molar-refractivity contribution in [3.05, 3.63) is 24.3 Å². The van der Waals surface area contributed by atoms with Crippen LogP contribution in [0.2, 0.25) is 0 Å². The van der Waals surface area contributed by atoms with E-state index in [9.17, 15) is 4.53 Å². The Bertz CT molecular complexity index is 1140. The first kappa shape index (κ1) is 37.3. The summed E-state index contributed by atoms with van der Waals surface area (Å²) >= 11 is 35.3. The quantitative estimate of drug-likeness (QED) is 0.250. The predicted octanol–water partition coefficient (Wildman–Crippen LogP) is 6.45. The number of benzene rings is 1. The number of hydrogen-bond donors (Lipinski definition) is 2. The van der Waals surface area contributed by atoms with Crippen molar-refractivity contribution in [1.29, 1.82) is 0 Å². The van der Waals surface area contributed by atoms with Crippen molar-refractivity contribution < 1.29 is 28.2 Å². The number of rotatable bonds is 6. The Hall–Kier alpha value is 0.510. The first-order valence-corrected chi connectivity index (χ1v) is 20.0. The van der Waals surface area contributed by atoms with Crippen molar-refractivity contribution in [2.75, 3.05) is 39.3 Å². The van der Waals surface area contributed by atoms with Gasteiger partial charge in [0.2, 0.25) is 0 Å². The summed E-state index contributed by atoms with van der Waals surface area (Å²) in [6.45, 7) is 6.79. The van der Waals surface area contributed by atoms with Crippen LogP contribution in [-0.2, 0) is 9.29 Å². The Morgan fingerprint density at radius 1 is 0.727 bits per heavy atom. The Labute approximate surface area is 286 Å². The molecule has 2 aromatic rings. The van der Waals surface area contributed by atoms with Gasteiger partial charge in [-0.25, -0.2) is 4.57 Å². The molecule has 0 spiro atoms. The summed E-state index contributed by atoms with van der Waals surface area (Å²) < 4.78 is 36.3. The maximum Gasteiger partial charge on any atom is 0.500 e. The van der Waals surface area contributed by atoms with E-state index in [1.165, 1.54) is 38.5 Å². The van der Waals surface area contributed by atoms with E-state index in [2.05, 4.69) is 35.1 Å². The Kier molecular flexibility index (Phi) is 14.2. The third-order valence-corrected chi connectivity index (χ3v) is 15.8. The number of nitrogens with zero attached hydrogens (tertiary/aromatic N) is 6. The monoisotopic (exact) mass is 779 g/mol. The topological polar surface area (TPSA) is 116 Å². The highest BCUT2D eigenvalue weighted by Crippen LogP contribution is 2.68. The van der Waals surface area contributed by atoms with Crippen LogP contribution in [0.5, 0.6) is 0 Å². The molecular weight excluding hydrogens is 746 g/mol. The van der Waals surface area contributed by atoms with Gasteiger partial charge in [-0.3, -0.25) is 0 Å². The second kappa shape index (κ2) is 16.8. The number of hydrogen-bond acceptors (Lipinski definition) is 8. The third-order valence-electron chi connectivity index (χ3n) is 7.78. The second-order valence-electron chi connectivity index (χ2n) is 10.8. The summed E-state index contributed by atoms with van der Waals surface area (Å²) in [5, 5.41) is 6.10. The van der Waals surface area contributed by atoms with Crippen LogP contribution in [0.25, 0.3) is 11.0 Å². The zero-order valence-corrected chi connectivity index (χ0v) is 29.9. The van der Waals surface area contributed by atoms with Gasteiger partial charge < -0.3 is 9.79 Å². The molecule has 6 rings (SSSR count). The van der Waals surface area contributed by atoms with E-state index in [1.807, 2.05) is 18.2 Å². The van der Waals surface area contributed by atoms with E-state index in [4.69, 9.17) is 88.6 Å². The molecule has 20 heteroatoms. The van der Waals surface area contributed by atoms with Gasteiger partial charge in [0.1, 0.15) is 11.0 Å². The van der Waals surface area contributed by atoms with Gasteiger partial charge in [0, 0.05) is 39.3 Å². The smallest absolute Gasteiger partial charge is 0.301 e. The molecule has 1 aromatic carbocycles. The maximum atomic E-state index is 10.2. The Balaban J connectivity index is 0.000000204. The highest BCUT2D eigenvalue weighted by atomic mass is 35.5. The second-order valence-corrected chi connectivity index (χ2v) is 17.8. The fourth-order valence-electron chi connectivity index (χ4n) is 5.64. The lowest BCUT2D eigenvalue weighted by atomic mass is 9.97. The molecule has 44 heavy (non-hydrogen) atoms. The molecule has 4 heterocycles. The van der Waals surface area contributed by atoms with Crippen LogP contribution in [0.1, 0.15) is 38.5 Å². The van der Waals surface area contributed by atoms with Gasteiger partial charge in [-0.2, -0.15) is 4.62 Å². The molecule has 1 aliphatic carbocycles. The molecule has 2 N–H and O–H groups in total. The van der Waals surface area contributed by atoms with E-state index in [-0.39, 0.29) is 0 Å². The zero-order valence-electron chi connectivity index (χ0n) is 23.6. The minimum atomic E-state index is -4.81. The van der Waals surface area contributed by atoms with Gasteiger partial charge in [-0.05, 0) is 65.2 Å². The van der Waals surface area contributed by atoms with E-state index in [1.54, 1.807) is 4.85 Å². The fourth-order valence-corrected chi connectivity index (χ4v) is 12.1. The van der Waals surface area contributed by atoms with Crippen molar-refractivity contribution in [3.8, 4) is 0 Å². The molecule has 250 valence electrons. The number of aromatic nitrogens is 3. The summed E-state index contributed by atoms with van der Waals surface area (Å²) in [7, 11) is -6.88. The lowest BCUT2D eigenvalue weighted by Gasteiger charge is -2.39. The molecule has 1 aromatic heterocycles. The number of halogens is 7. The largest absolute Gasteiger partial charge is 0.500 e. The minimum Gasteiger partial charge on any atom is -0.301 e. The van der Waals surface area contributed by atoms with Crippen molar-refractivity contribution in [2.24, 2.45) is 0 Å². The van der Waals surface area contributed by atoms with Gasteiger partial charge in [0.05, 0.1) is 32.3 Å². The SMILES string of the molecule is ClC1C(Cl)C(Cl)C(Cl)C(Cl)C1Cl.O=P(O)(O)OF.c1ccc2c(c1)nnn2O[P+](N1CCCC1)(N1CCCC1)N1CCCC1. The molecular formula is C24H36Cl6FN6O5P2+. The third kappa shape index (κ3) is 8.75. The maximum absolute atomic E-state index is 10.2. The lowest BCUT2D eigenvalue weighted by molar-refractivity contribution is -0.0389. The number of phosphoric acid groups is 1. The van der Waals surface area contributed by atoms with Gasteiger partial charge in [0.15, 0.2) is 0 Å². The summed E-state index contributed by atoms with van der Waals surface area (Å²) in [5.74, 6) is 0. The van der Waals surface area contributed by atoms with Crippen LogP contribution in [0.15, 0.2) is 24.3 Å². The molecule has 1 saturated carbocycles.